The third-order valence-electron chi connectivity index (χ3n) is 4.01. The van der Waals surface area contributed by atoms with Gasteiger partial charge >= 0.3 is 0 Å². The van der Waals surface area contributed by atoms with E-state index < -0.39 is 0 Å². The fourth-order valence-corrected chi connectivity index (χ4v) is 2.76. The van der Waals surface area contributed by atoms with E-state index in [4.69, 9.17) is 4.42 Å². The van der Waals surface area contributed by atoms with Gasteiger partial charge in [0.25, 0.3) is 0 Å². The quantitative estimate of drug-likeness (QED) is 0.751. The van der Waals surface area contributed by atoms with Crippen LogP contribution in [0.2, 0.25) is 0 Å². The predicted molar refractivity (Wildman–Crippen MR) is 106 cm³/mol. The van der Waals surface area contributed by atoms with Gasteiger partial charge in [0, 0.05) is 12.5 Å². The molecular weight excluding hydrogens is 308 g/mol. The molecule has 0 fully saturated rings. The maximum absolute atomic E-state index is 12.7. The number of hydrogen-bond donors (Lipinski definition) is 0. The van der Waals surface area contributed by atoms with E-state index in [-0.39, 0.29) is 5.43 Å². The van der Waals surface area contributed by atoms with Gasteiger partial charge in [-0.25, -0.2) is 0 Å². The normalized spacial score (nSPS) is 13.1. The van der Waals surface area contributed by atoms with Gasteiger partial charge in [-0.1, -0.05) is 67.8 Å². The first-order valence-corrected chi connectivity index (χ1v) is 8.38. The second-order valence-corrected chi connectivity index (χ2v) is 5.81. The lowest BCUT2D eigenvalue weighted by molar-refractivity contribution is 0.467. The Bertz CT molecular complexity index is 923. The van der Waals surface area contributed by atoms with Gasteiger partial charge in [-0.05, 0) is 37.0 Å². The van der Waals surface area contributed by atoms with Crippen LogP contribution in [0, 0.1) is 0 Å². The first kappa shape index (κ1) is 18.5. The summed E-state index contributed by atoms with van der Waals surface area (Å²) in [5.74, 6) is 0.625. The molecule has 2 rings (SSSR count). The number of allylic oxidation sites excluding steroid dienone is 5. The van der Waals surface area contributed by atoms with Crippen LogP contribution in [0.5, 0.6) is 0 Å². The van der Waals surface area contributed by atoms with Crippen molar-refractivity contribution in [2.24, 2.45) is 0 Å². The minimum absolute atomic E-state index is 0.0604. The van der Waals surface area contributed by atoms with Crippen LogP contribution in [0.25, 0.3) is 12.2 Å². The third-order valence-corrected chi connectivity index (χ3v) is 4.01. The van der Waals surface area contributed by atoms with Gasteiger partial charge < -0.3 is 4.42 Å². The van der Waals surface area contributed by atoms with Crippen molar-refractivity contribution in [3.05, 3.63) is 105 Å². The number of rotatable bonds is 6. The topological polar surface area (TPSA) is 30.2 Å². The summed E-state index contributed by atoms with van der Waals surface area (Å²) >= 11 is 0. The van der Waals surface area contributed by atoms with Crippen LogP contribution < -0.4 is 16.1 Å². The van der Waals surface area contributed by atoms with E-state index in [1.807, 2.05) is 62.4 Å². The molecule has 0 aliphatic rings. The molecule has 25 heavy (non-hydrogen) atoms. The van der Waals surface area contributed by atoms with Crippen molar-refractivity contribution < 1.29 is 4.42 Å². The second kappa shape index (κ2) is 8.84. The molecule has 0 N–H and O–H groups in total. The van der Waals surface area contributed by atoms with Gasteiger partial charge in [-0.2, -0.15) is 0 Å². The molecule has 0 saturated heterocycles. The van der Waals surface area contributed by atoms with Crippen LogP contribution >= 0.6 is 0 Å². The Morgan fingerprint density at radius 3 is 2.48 bits per heavy atom. The van der Waals surface area contributed by atoms with E-state index in [9.17, 15) is 4.79 Å². The van der Waals surface area contributed by atoms with Crippen LogP contribution in [0.15, 0.2) is 82.1 Å². The fraction of sp³-hybridized carbons (Fsp3) is 0.174. The molecule has 1 aromatic carbocycles. The highest BCUT2D eigenvalue weighted by Gasteiger charge is 2.06. The van der Waals surface area contributed by atoms with E-state index in [0.29, 0.717) is 29.2 Å². The summed E-state index contributed by atoms with van der Waals surface area (Å²) in [4.78, 5) is 12.7. The molecular formula is C23H24O2. The molecule has 128 valence electrons. The van der Waals surface area contributed by atoms with Crippen LogP contribution in [0.1, 0.15) is 31.6 Å². The van der Waals surface area contributed by atoms with Gasteiger partial charge in [0.05, 0.1) is 5.22 Å². The molecule has 0 aliphatic heterocycles. The highest BCUT2D eigenvalue weighted by atomic mass is 16.3. The lowest BCUT2D eigenvalue weighted by atomic mass is 10.0. The average Bonchev–Trinajstić information content (AvgIpc) is 2.59. The minimum atomic E-state index is -0.0604. The predicted octanol–water partition coefficient (Wildman–Crippen LogP) is 3.89. The summed E-state index contributed by atoms with van der Waals surface area (Å²) in [6, 6.07) is 11.5. The first-order valence-electron chi connectivity index (χ1n) is 8.38. The Labute approximate surface area is 148 Å². The molecule has 0 amide bonds. The Hall–Kier alpha value is -2.87. The monoisotopic (exact) mass is 332 g/mol. The highest BCUT2D eigenvalue weighted by molar-refractivity contribution is 5.60. The summed E-state index contributed by atoms with van der Waals surface area (Å²) < 4.78 is 5.86. The number of hydrogen-bond acceptors (Lipinski definition) is 2. The molecule has 2 heteroatoms. The Balaban J connectivity index is 2.55. The van der Waals surface area contributed by atoms with Crippen LogP contribution in [0.3, 0.4) is 0 Å². The molecule has 1 aromatic heterocycles. The largest absolute Gasteiger partial charge is 0.461 e. The van der Waals surface area contributed by atoms with E-state index >= 15 is 0 Å². The molecule has 0 aliphatic carbocycles. The van der Waals surface area contributed by atoms with Crippen molar-refractivity contribution in [1.82, 2.24) is 0 Å². The third kappa shape index (κ3) is 4.80. The molecule has 2 aromatic rings. The SMILES string of the molecule is C=C/C(=C/C)CC(/C=C\C)=c1/c(=O)cc(Cc2ccccc2)oc1=C. The van der Waals surface area contributed by atoms with E-state index in [2.05, 4.69) is 13.2 Å². The van der Waals surface area contributed by atoms with Gasteiger partial charge in [-0.3, -0.25) is 4.79 Å². The molecule has 0 spiro atoms. The zero-order valence-electron chi connectivity index (χ0n) is 14.9. The van der Waals surface area contributed by atoms with Crippen molar-refractivity contribution in [2.75, 3.05) is 0 Å². The Morgan fingerprint density at radius 2 is 1.92 bits per heavy atom. The van der Waals surface area contributed by atoms with Crippen molar-refractivity contribution >= 4 is 12.2 Å². The van der Waals surface area contributed by atoms with E-state index in [1.54, 1.807) is 12.1 Å². The molecule has 1 heterocycles. The van der Waals surface area contributed by atoms with Crippen molar-refractivity contribution in [1.29, 1.82) is 0 Å². The summed E-state index contributed by atoms with van der Waals surface area (Å²) in [6.07, 6.45) is 8.84. The van der Waals surface area contributed by atoms with Crippen LogP contribution in [-0.2, 0) is 6.42 Å². The van der Waals surface area contributed by atoms with E-state index in [1.165, 1.54) is 0 Å². The summed E-state index contributed by atoms with van der Waals surface area (Å²) in [7, 11) is 0. The van der Waals surface area contributed by atoms with Gasteiger partial charge in [0.15, 0.2) is 5.43 Å². The van der Waals surface area contributed by atoms with Crippen molar-refractivity contribution in [2.45, 2.75) is 26.7 Å². The zero-order valence-corrected chi connectivity index (χ0v) is 14.9. The lowest BCUT2D eigenvalue weighted by Gasteiger charge is -2.05. The standard InChI is InChI=1S/C23H24O2/c1-5-11-20(14-18(6-2)7-3)23-17(4)25-21(16-22(23)24)15-19-12-9-8-10-13-19/h5-13,16H,2,4,14-15H2,1,3H3/b11-5-,18-7-,23-20+. The molecule has 0 atom stereocenters. The summed E-state index contributed by atoms with van der Waals surface area (Å²) in [6.45, 7) is 11.7. The Morgan fingerprint density at radius 1 is 1.20 bits per heavy atom. The Kier molecular flexibility index (Phi) is 6.53. The van der Waals surface area contributed by atoms with Gasteiger partial charge in [-0.15, -0.1) is 0 Å². The summed E-state index contributed by atoms with van der Waals surface area (Å²) in [5.41, 5.74) is 3.39. The highest BCUT2D eigenvalue weighted by Crippen LogP contribution is 2.12. The number of benzene rings is 1. The molecule has 0 bridgehead atoms. The second-order valence-electron chi connectivity index (χ2n) is 5.81. The van der Waals surface area contributed by atoms with Gasteiger partial charge in [0.1, 0.15) is 11.2 Å². The molecule has 0 saturated carbocycles. The smallest absolute Gasteiger partial charge is 0.193 e. The van der Waals surface area contributed by atoms with Crippen LogP contribution in [0.4, 0.5) is 0 Å². The fourth-order valence-electron chi connectivity index (χ4n) is 2.76. The minimum Gasteiger partial charge on any atom is -0.461 e. The molecule has 0 unspecified atom stereocenters. The molecule has 0 radical (unpaired) electrons. The lowest BCUT2D eigenvalue weighted by Crippen LogP contribution is -2.40. The first-order chi connectivity index (χ1) is 12.1. The zero-order chi connectivity index (χ0) is 18.2. The van der Waals surface area contributed by atoms with E-state index in [0.717, 1.165) is 16.7 Å². The maximum Gasteiger partial charge on any atom is 0.193 e. The van der Waals surface area contributed by atoms with Crippen molar-refractivity contribution in [3.63, 3.8) is 0 Å². The van der Waals surface area contributed by atoms with Crippen LogP contribution in [-0.4, -0.2) is 0 Å². The van der Waals surface area contributed by atoms with Crippen molar-refractivity contribution in [3.8, 4) is 0 Å². The summed E-state index contributed by atoms with van der Waals surface area (Å²) in [5, 5.41) is 0.538. The van der Waals surface area contributed by atoms with Gasteiger partial charge in [0.2, 0.25) is 0 Å². The maximum atomic E-state index is 12.7. The average molecular weight is 332 g/mol. The molecule has 2 nitrogen and oxygen atoms in total.